The molecule has 3 aliphatic rings. The van der Waals surface area contributed by atoms with Crippen molar-refractivity contribution in [2.75, 3.05) is 5.75 Å². The normalized spacial score (nSPS) is 34.1. The fraction of sp³-hybridized carbons (Fsp3) is 0.571. The Bertz CT molecular complexity index is 1050. The fourth-order valence-electron chi connectivity index (χ4n) is 6.36. The maximum absolute atomic E-state index is 13.5. The van der Waals surface area contributed by atoms with Crippen LogP contribution in [0.5, 0.6) is 0 Å². The van der Waals surface area contributed by atoms with Crippen LogP contribution in [0.1, 0.15) is 51.5 Å². The number of rotatable bonds is 2. The molecule has 1 N–H and O–H groups in total. The Balaban J connectivity index is 1.55. The van der Waals surface area contributed by atoms with E-state index in [0.29, 0.717) is 5.92 Å². The zero-order valence-electron chi connectivity index (χ0n) is 16.0. The van der Waals surface area contributed by atoms with Gasteiger partial charge >= 0.3 is 0 Å². The van der Waals surface area contributed by atoms with Gasteiger partial charge in [0.15, 0.2) is 0 Å². The Morgan fingerprint density at radius 1 is 1.30 bits per heavy atom. The number of H-pyrrole nitrogens is 1. The van der Waals surface area contributed by atoms with Crippen molar-refractivity contribution in [3.05, 3.63) is 36.0 Å². The van der Waals surface area contributed by atoms with E-state index in [1.165, 1.54) is 4.31 Å². The highest BCUT2D eigenvalue weighted by atomic mass is 32.2. The summed E-state index contributed by atoms with van der Waals surface area (Å²) in [6.45, 7) is 6.24. The summed E-state index contributed by atoms with van der Waals surface area (Å²) < 4.78 is 27.5. The van der Waals surface area contributed by atoms with Crippen LogP contribution in [0.15, 0.2) is 30.5 Å². The summed E-state index contributed by atoms with van der Waals surface area (Å²) in [5.41, 5.74) is 1.54. The quantitative estimate of drug-likeness (QED) is 0.857. The molecule has 6 heteroatoms. The molecule has 5 nitrogen and oxygen atoms in total. The number of carbonyl (C=O) groups excluding carboxylic acids is 1. The average molecular weight is 387 g/mol. The van der Waals surface area contributed by atoms with Gasteiger partial charge in [-0.1, -0.05) is 32.0 Å². The number of aromatic nitrogens is 1. The van der Waals surface area contributed by atoms with Crippen molar-refractivity contribution < 1.29 is 13.2 Å². The van der Waals surface area contributed by atoms with Crippen LogP contribution in [0.2, 0.25) is 0 Å². The molecule has 1 aromatic heterocycles. The minimum absolute atomic E-state index is 0.0240. The Morgan fingerprint density at radius 3 is 2.78 bits per heavy atom. The number of nitrogens with one attached hydrogen (secondary N) is 1. The van der Waals surface area contributed by atoms with Crippen molar-refractivity contribution >= 4 is 26.8 Å². The number of sulfonamides is 1. The lowest BCUT2D eigenvalue weighted by molar-refractivity contribution is -0.130. The van der Waals surface area contributed by atoms with Gasteiger partial charge in [0.1, 0.15) is 0 Å². The van der Waals surface area contributed by atoms with E-state index in [-0.39, 0.29) is 28.5 Å². The first-order chi connectivity index (χ1) is 12.7. The molecule has 1 spiro atoms. The number of carbonyl (C=O) groups is 1. The molecule has 3 fully saturated rings. The molecule has 144 valence electrons. The highest BCUT2D eigenvalue weighted by Crippen LogP contribution is 2.70. The average Bonchev–Trinajstić information content (AvgIpc) is 3.27. The molecule has 2 aliphatic carbocycles. The zero-order chi connectivity index (χ0) is 19.2. The van der Waals surface area contributed by atoms with Crippen LogP contribution in [-0.4, -0.2) is 35.4 Å². The number of hydrogen-bond donors (Lipinski definition) is 1. The van der Waals surface area contributed by atoms with E-state index >= 15 is 0 Å². The van der Waals surface area contributed by atoms with Gasteiger partial charge in [-0.2, -0.15) is 0 Å². The van der Waals surface area contributed by atoms with Crippen LogP contribution >= 0.6 is 0 Å². The van der Waals surface area contributed by atoms with E-state index in [1.807, 2.05) is 37.4 Å². The minimum Gasteiger partial charge on any atom is -0.361 e. The molecular formula is C21H26N2O3S. The maximum Gasteiger partial charge on any atom is 0.243 e. The summed E-state index contributed by atoms with van der Waals surface area (Å²) in [6.07, 6.45) is 4.66. The van der Waals surface area contributed by atoms with Gasteiger partial charge in [-0.15, -0.1) is 0 Å². The molecule has 4 atom stereocenters. The van der Waals surface area contributed by atoms with Gasteiger partial charge in [-0.3, -0.25) is 4.79 Å². The molecular weight excluding hydrogens is 360 g/mol. The predicted octanol–water partition coefficient (Wildman–Crippen LogP) is 3.64. The van der Waals surface area contributed by atoms with E-state index in [9.17, 15) is 13.2 Å². The van der Waals surface area contributed by atoms with Crippen LogP contribution in [0.25, 0.3) is 10.9 Å². The molecule has 5 rings (SSSR count). The van der Waals surface area contributed by atoms with Crippen LogP contribution in [-0.2, 0) is 14.8 Å². The Kier molecular flexibility index (Phi) is 3.30. The summed E-state index contributed by atoms with van der Waals surface area (Å²) in [4.78, 5) is 16.7. The van der Waals surface area contributed by atoms with Gasteiger partial charge in [-0.25, -0.2) is 12.7 Å². The van der Waals surface area contributed by atoms with Crippen molar-refractivity contribution in [1.82, 2.24) is 9.29 Å². The highest BCUT2D eigenvalue weighted by Gasteiger charge is 2.72. The first kappa shape index (κ1) is 17.3. The second-order valence-electron chi connectivity index (χ2n) is 9.27. The second kappa shape index (κ2) is 5.16. The summed E-state index contributed by atoms with van der Waals surface area (Å²) in [5.74, 6) is -0.129. The molecule has 2 saturated carbocycles. The number of aromatic amines is 1. The third-order valence-corrected chi connectivity index (χ3v) is 10.0. The number of hydrogen-bond acceptors (Lipinski definition) is 3. The van der Waals surface area contributed by atoms with E-state index in [2.05, 4.69) is 18.8 Å². The molecule has 0 radical (unpaired) electrons. The second-order valence-corrected chi connectivity index (χ2v) is 11.1. The number of para-hydroxylation sites is 1. The van der Waals surface area contributed by atoms with Gasteiger partial charge in [0, 0.05) is 22.5 Å². The zero-order valence-corrected chi connectivity index (χ0v) is 16.8. The topological polar surface area (TPSA) is 70.2 Å². The number of nitrogens with zero attached hydrogens (tertiary/aromatic N) is 1. The van der Waals surface area contributed by atoms with E-state index in [0.717, 1.165) is 35.7 Å². The van der Waals surface area contributed by atoms with Gasteiger partial charge in [0.25, 0.3) is 0 Å². The molecule has 0 unspecified atom stereocenters. The monoisotopic (exact) mass is 386 g/mol. The van der Waals surface area contributed by atoms with Crippen molar-refractivity contribution in [3.63, 3.8) is 0 Å². The summed E-state index contributed by atoms with van der Waals surface area (Å²) >= 11 is 0. The maximum atomic E-state index is 13.5. The molecule has 27 heavy (non-hydrogen) atoms. The Hall–Kier alpha value is -1.82. The minimum atomic E-state index is -3.58. The summed E-state index contributed by atoms with van der Waals surface area (Å²) in [5, 5.41) is 0.984. The van der Waals surface area contributed by atoms with Crippen molar-refractivity contribution in [3.8, 4) is 0 Å². The molecule has 1 amide bonds. The third kappa shape index (κ3) is 2.00. The standard InChI is InChI=1S/C21H26N2O3S/c1-13(16-11-22-17-7-5-4-6-15(16)17)19(24)23-18-10-14-8-9-21(18,20(14,2)3)12-27(23,25)26/h4-7,11,13-14,18,22H,8-10,12H2,1-3H3/t13-,14+,18+,21+/m0/s1. The van der Waals surface area contributed by atoms with Crippen LogP contribution < -0.4 is 0 Å². The van der Waals surface area contributed by atoms with Crippen LogP contribution in [0.3, 0.4) is 0 Å². The molecule has 1 saturated heterocycles. The Morgan fingerprint density at radius 2 is 2.04 bits per heavy atom. The molecule has 2 heterocycles. The van der Waals surface area contributed by atoms with Gasteiger partial charge in [-0.05, 0) is 49.1 Å². The SMILES string of the molecule is C[C@H](C(=O)N1[C@@H]2C[C@H]3CC[C@]2(CS1(=O)=O)C3(C)C)c1c[nH]c2ccccc12. The van der Waals surface area contributed by atoms with Crippen molar-refractivity contribution in [1.29, 1.82) is 0 Å². The van der Waals surface area contributed by atoms with E-state index < -0.39 is 15.9 Å². The van der Waals surface area contributed by atoms with E-state index in [1.54, 1.807) is 0 Å². The van der Waals surface area contributed by atoms with Crippen molar-refractivity contribution in [2.24, 2.45) is 16.7 Å². The third-order valence-electron chi connectivity index (χ3n) is 8.09. The summed E-state index contributed by atoms with van der Waals surface area (Å²) in [7, 11) is -3.58. The lowest BCUT2D eigenvalue weighted by Gasteiger charge is -2.37. The largest absolute Gasteiger partial charge is 0.361 e. The van der Waals surface area contributed by atoms with Gasteiger partial charge < -0.3 is 4.98 Å². The number of fused-ring (bicyclic) bond motifs is 2. The van der Waals surface area contributed by atoms with Gasteiger partial charge in [0.05, 0.1) is 17.7 Å². The summed E-state index contributed by atoms with van der Waals surface area (Å²) in [6, 6.07) is 7.66. The molecule has 1 aromatic carbocycles. The first-order valence-electron chi connectivity index (χ1n) is 9.81. The molecule has 1 aliphatic heterocycles. The lowest BCUT2D eigenvalue weighted by atomic mass is 9.69. The van der Waals surface area contributed by atoms with E-state index in [4.69, 9.17) is 0 Å². The highest BCUT2D eigenvalue weighted by molar-refractivity contribution is 7.90. The first-order valence-corrected chi connectivity index (χ1v) is 11.4. The Labute approximate surface area is 160 Å². The molecule has 2 bridgehead atoms. The predicted molar refractivity (Wildman–Crippen MR) is 105 cm³/mol. The smallest absolute Gasteiger partial charge is 0.243 e. The number of benzene rings is 1. The van der Waals surface area contributed by atoms with Crippen LogP contribution in [0.4, 0.5) is 0 Å². The fourth-order valence-corrected chi connectivity index (χ4v) is 8.96. The van der Waals surface area contributed by atoms with Crippen molar-refractivity contribution in [2.45, 2.75) is 52.0 Å². The van der Waals surface area contributed by atoms with Gasteiger partial charge in [0.2, 0.25) is 15.9 Å². The van der Waals surface area contributed by atoms with Crippen LogP contribution in [0, 0.1) is 16.7 Å². The number of amides is 1. The molecule has 2 aromatic rings. The lowest BCUT2D eigenvalue weighted by Crippen LogP contribution is -2.45.